The van der Waals surface area contributed by atoms with Gasteiger partial charge in [-0.05, 0) is 0 Å². The lowest BCUT2D eigenvalue weighted by atomic mass is 9.84. The van der Waals surface area contributed by atoms with Crippen LogP contribution in [0.5, 0.6) is 0 Å². The molecule has 2 aromatic rings. The van der Waals surface area contributed by atoms with Gasteiger partial charge >= 0.3 is 0 Å². The zero-order valence-corrected chi connectivity index (χ0v) is 13.8. The van der Waals surface area contributed by atoms with Crippen molar-refractivity contribution in [2.45, 2.75) is 24.2 Å². The maximum atomic E-state index is 12.4. The molecule has 0 aliphatic rings. The summed E-state index contributed by atoms with van der Waals surface area (Å²) >= 11 is 0. The number of H-pyrrole nitrogens is 2. The second-order valence-corrected chi connectivity index (χ2v) is 5.71. The molecule has 3 unspecified atom stereocenters. The lowest BCUT2D eigenvalue weighted by Gasteiger charge is -2.29. The van der Waals surface area contributed by atoms with Crippen LogP contribution in [0.3, 0.4) is 0 Å². The molecule has 3 atom stereocenters. The van der Waals surface area contributed by atoms with E-state index in [1.54, 1.807) is 0 Å². The molecule has 2 aromatic heterocycles. The molecule has 0 aliphatic heterocycles. The van der Waals surface area contributed by atoms with Gasteiger partial charge in [-0.25, -0.2) is 0 Å². The Morgan fingerprint density at radius 2 is 1.22 bits per heavy atom. The molecule has 27 heavy (non-hydrogen) atoms. The van der Waals surface area contributed by atoms with Crippen LogP contribution in [0, 0.1) is 0 Å². The van der Waals surface area contributed by atoms with Gasteiger partial charge < -0.3 is 43.4 Å². The summed E-state index contributed by atoms with van der Waals surface area (Å²) in [7, 11) is 0. The summed E-state index contributed by atoms with van der Waals surface area (Å²) in [5.74, 6) is -3.26. The van der Waals surface area contributed by atoms with Crippen molar-refractivity contribution in [3.05, 3.63) is 31.8 Å². The summed E-state index contributed by atoms with van der Waals surface area (Å²) in [6, 6.07) is 0. The number of hydrogen-bond acceptors (Lipinski definition) is 12. The van der Waals surface area contributed by atoms with E-state index in [4.69, 9.17) is 28.0 Å². The van der Waals surface area contributed by atoms with Crippen LogP contribution >= 0.6 is 0 Å². The van der Waals surface area contributed by atoms with Crippen molar-refractivity contribution in [2.24, 2.45) is 0 Å². The number of nitrogens with two attached hydrogens (primary N) is 4. The van der Waals surface area contributed by atoms with E-state index < -0.39 is 64.7 Å². The summed E-state index contributed by atoms with van der Waals surface area (Å²) in [6.07, 6.45) is -5.81. The van der Waals surface area contributed by atoms with Gasteiger partial charge in [-0.2, -0.15) is 9.97 Å². The summed E-state index contributed by atoms with van der Waals surface area (Å²) in [6.45, 7) is -0.914. The predicted octanol–water partition coefficient (Wildman–Crippen LogP) is -4.61. The Bertz CT molecular complexity index is 878. The van der Waals surface area contributed by atoms with Gasteiger partial charge in [0.15, 0.2) is 0 Å². The number of nitrogens with one attached hydrogen (secondary N) is 2. The fourth-order valence-electron chi connectivity index (χ4n) is 2.66. The molecule has 148 valence electrons. The fraction of sp³-hybridized carbons (Fsp3) is 0.385. The first kappa shape index (κ1) is 20.1. The number of nitrogens with zero attached hydrogens (tertiary/aromatic N) is 2. The van der Waals surface area contributed by atoms with Crippen molar-refractivity contribution < 1.29 is 20.4 Å². The van der Waals surface area contributed by atoms with Gasteiger partial charge in [-0.15, -0.1) is 0 Å². The molecule has 0 aliphatic carbocycles. The minimum Gasteiger partial charge on any atom is -0.394 e. The molecule has 0 saturated heterocycles. The Hall–Kier alpha value is -3.20. The number of aliphatic hydroxyl groups excluding tert-OH is 4. The zero-order valence-electron chi connectivity index (χ0n) is 13.8. The van der Waals surface area contributed by atoms with Crippen LogP contribution in [-0.4, -0.2) is 65.3 Å². The Morgan fingerprint density at radius 3 is 1.56 bits per heavy atom. The third-order valence-electron chi connectivity index (χ3n) is 3.90. The smallest absolute Gasteiger partial charge is 0.258 e. The van der Waals surface area contributed by atoms with Gasteiger partial charge in [0.25, 0.3) is 11.1 Å². The highest BCUT2D eigenvalue weighted by atomic mass is 16.4. The Labute approximate surface area is 150 Å². The quantitative estimate of drug-likeness (QED) is 0.225. The third-order valence-corrected chi connectivity index (χ3v) is 3.90. The van der Waals surface area contributed by atoms with E-state index in [1.807, 2.05) is 0 Å². The van der Waals surface area contributed by atoms with Gasteiger partial charge in [0.2, 0.25) is 11.9 Å². The topological polar surface area (TPSA) is 276 Å². The summed E-state index contributed by atoms with van der Waals surface area (Å²) < 4.78 is 0. The van der Waals surface area contributed by atoms with Crippen molar-refractivity contribution in [2.75, 3.05) is 29.5 Å². The van der Waals surface area contributed by atoms with E-state index >= 15 is 0 Å². The summed E-state index contributed by atoms with van der Waals surface area (Å²) in [5, 5.41) is 39.3. The molecule has 0 bridgehead atoms. The molecule has 2 rings (SSSR count). The monoisotopic (exact) mass is 384 g/mol. The lowest BCUT2D eigenvalue weighted by Crippen LogP contribution is -2.46. The van der Waals surface area contributed by atoms with E-state index in [1.165, 1.54) is 0 Å². The second kappa shape index (κ2) is 7.58. The zero-order chi connectivity index (χ0) is 20.5. The van der Waals surface area contributed by atoms with E-state index in [0.717, 1.165) is 0 Å². The average Bonchev–Trinajstić information content (AvgIpc) is 2.56. The van der Waals surface area contributed by atoms with Crippen LogP contribution in [0.4, 0.5) is 23.5 Å². The van der Waals surface area contributed by atoms with E-state index in [-0.39, 0.29) is 11.9 Å². The van der Waals surface area contributed by atoms with Gasteiger partial charge in [-0.1, -0.05) is 0 Å². The van der Waals surface area contributed by atoms with E-state index in [0.29, 0.717) is 0 Å². The lowest BCUT2D eigenvalue weighted by molar-refractivity contribution is -0.0807. The Morgan fingerprint density at radius 1 is 0.815 bits per heavy atom. The highest BCUT2D eigenvalue weighted by Crippen LogP contribution is 2.31. The first-order valence-electron chi connectivity index (χ1n) is 7.53. The van der Waals surface area contributed by atoms with E-state index in [9.17, 15) is 24.9 Å². The molecule has 2 heterocycles. The highest BCUT2D eigenvalue weighted by Gasteiger charge is 2.39. The molecule has 0 radical (unpaired) electrons. The van der Waals surface area contributed by atoms with Crippen molar-refractivity contribution in [1.29, 1.82) is 0 Å². The predicted molar refractivity (Wildman–Crippen MR) is 94.3 cm³/mol. The number of nitrogen functional groups attached to an aromatic ring is 4. The third kappa shape index (κ3) is 3.82. The highest BCUT2D eigenvalue weighted by molar-refractivity contribution is 5.54. The molecule has 0 amide bonds. The van der Waals surface area contributed by atoms with Gasteiger partial charge in [-0.3, -0.25) is 19.6 Å². The Kier molecular flexibility index (Phi) is 5.65. The van der Waals surface area contributed by atoms with Crippen LogP contribution in [0.2, 0.25) is 0 Å². The molecule has 14 nitrogen and oxygen atoms in total. The van der Waals surface area contributed by atoms with Gasteiger partial charge in [0, 0.05) is 0 Å². The summed E-state index contributed by atoms with van der Waals surface area (Å²) in [4.78, 5) is 36.4. The van der Waals surface area contributed by atoms with Crippen molar-refractivity contribution >= 4 is 23.5 Å². The first-order valence-corrected chi connectivity index (χ1v) is 7.53. The van der Waals surface area contributed by atoms with Gasteiger partial charge in [0.1, 0.15) is 23.8 Å². The minimum atomic E-state index is -2.02. The maximum absolute atomic E-state index is 12.4. The van der Waals surface area contributed by atoms with Gasteiger partial charge in [0.05, 0.1) is 29.8 Å². The molecule has 0 saturated carbocycles. The largest absolute Gasteiger partial charge is 0.394 e. The average molecular weight is 384 g/mol. The standard InChI is InChI=1S/C13H20N8O6/c14-8-4(10(26)20-12(16)18-8)3(7(25)6(24)2(23)1-22)5-9(15)19-13(17)21-11(5)27/h2-3,6-7,22-25H,1H2,(H5,14,16,18,20,26)(H5,15,17,19,21,27). The van der Waals surface area contributed by atoms with Crippen LogP contribution in [0.15, 0.2) is 9.59 Å². The van der Waals surface area contributed by atoms with E-state index in [2.05, 4.69) is 19.9 Å². The first-order chi connectivity index (χ1) is 12.6. The van der Waals surface area contributed by atoms with Crippen molar-refractivity contribution in [3.63, 3.8) is 0 Å². The molecule has 0 spiro atoms. The molecule has 0 aromatic carbocycles. The number of aromatic amines is 2. The van der Waals surface area contributed by atoms with Crippen molar-refractivity contribution in [3.8, 4) is 0 Å². The number of hydrogen-bond donors (Lipinski definition) is 10. The normalized spacial score (nSPS) is 14.9. The molecule has 14 N–H and O–H groups in total. The summed E-state index contributed by atoms with van der Waals surface area (Å²) in [5.41, 5.74) is 19.5. The maximum Gasteiger partial charge on any atom is 0.258 e. The number of rotatable bonds is 6. The molecular formula is C13H20N8O6. The van der Waals surface area contributed by atoms with Crippen molar-refractivity contribution in [1.82, 2.24) is 19.9 Å². The minimum absolute atomic E-state index is 0.331. The molecule has 14 heteroatoms. The molecular weight excluding hydrogens is 364 g/mol. The molecule has 0 fully saturated rings. The SMILES string of the molecule is Nc1nc(N)c(C(c2c(N)nc(N)[nH]c2=O)C(O)C(O)C(O)CO)c(=O)[nH]1. The number of anilines is 4. The fourth-order valence-corrected chi connectivity index (χ4v) is 2.66. The second-order valence-electron chi connectivity index (χ2n) is 5.71. The van der Waals surface area contributed by atoms with Crippen LogP contribution in [0.25, 0.3) is 0 Å². The number of aliphatic hydroxyl groups is 4. The Balaban J connectivity index is 2.79. The number of aromatic nitrogens is 4. The van der Waals surface area contributed by atoms with Crippen LogP contribution < -0.4 is 34.1 Å². The van der Waals surface area contributed by atoms with Crippen LogP contribution in [0.1, 0.15) is 17.0 Å². The van der Waals surface area contributed by atoms with Crippen LogP contribution in [-0.2, 0) is 0 Å².